The van der Waals surface area contributed by atoms with E-state index < -0.39 is 5.41 Å². The summed E-state index contributed by atoms with van der Waals surface area (Å²) < 4.78 is 7.37. The topological polar surface area (TPSA) is 63.9 Å². The lowest BCUT2D eigenvalue weighted by Gasteiger charge is -2.41. The molecule has 1 saturated heterocycles. The second-order valence-corrected chi connectivity index (χ2v) is 8.53. The maximum absolute atomic E-state index is 13.3. The van der Waals surface area contributed by atoms with E-state index >= 15 is 0 Å². The number of hydrogen-bond donors (Lipinski definition) is 0. The molecule has 1 aromatic carbocycles. The minimum atomic E-state index is -0.744. The van der Waals surface area contributed by atoms with Crippen LogP contribution in [-0.2, 0) is 16.0 Å². The summed E-state index contributed by atoms with van der Waals surface area (Å²) in [7, 11) is 0. The molecule has 4 rings (SSSR count). The second-order valence-electron chi connectivity index (χ2n) is 8.53. The number of likely N-dealkylation sites (tertiary alicyclic amines) is 1. The van der Waals surface area contributed by atoms with Crippen LogP contribution in [0.1, 0.15) is 46.9 Å². The number of rotatable bonds is 5. The summed E-state index contributed by atoms with van der Waals surface area (Å²) >= 11 is 0. The first-order valence-electron chi connectivity index (χ1n) is 10.9. The van der Waals surface area contributed by atoms with Crippen molar-refractivity contribution in [3.63, 3.8) is 0 Å². The number of amides is 1. The Morgan fingerprint density at radius 1 is 1.13 bits per heavy atom. The van der Waals surface area contributed by atoms with Gasteiger partial charge in [0.25, 0.3) is 5.91 Å². The van der Waals surface area contributed by atoms with Crippen LogP contribution in [-0.4, -0.2) is 45.9 Å². The Bertz CT molecular complexity index is 1120. The van der Waals surface area contributed by atoms with Gasteiger partial charge in [-0.05, 0) is 62.8 Å². The van der Waals surface area contributed by atoms with E-state index in [9.17, 15) is 9.59 Å². The Hall–Kier alpha value is -3.15. The molecule has 1 aliphatic heterocycles. The largest absolute Gasteiger partial charge is 0.466 e. The van der Waals surface area contributed by atoms with Crippen LogP contribution in [0.15, 0.2) is 48.8 Å². The predicted octanol–water partition coefficient (Wildman–Crippen LogP) is 3.98. The number of fused-ring (bicyclic) bond motifs is 1. The number of aromatic nitrogens is 2. The van der Waals surface area contributed by atoms with Gasteiger partial charge in [0.05, 0.1) is 12.0 Å². The molecule has 6 nitrogen and oxygen atoms in total. The lowest BCUT2D eigenvalue weighted by molar-refractivity contribution is -0.158. The van der Waals surface area contributed by atoms with Crippen LogP contribution in [0.4, 0.5) is 0 Å². The van der Waals surface area contributed by atoms with Crippen LogP contribution in [0, 0.1) is 19.3 Å². The zero-order valence-electron chi connectivity index (χ0n) is 18.4. The summed E-state index contributed by atoms with van der Waals surface area (Å²) in [6.45, 7) is 7.16. The lowest BCUT2D eigenvalue weighted by atomic mass is 9.74. The average Bonchev–Trinajstić information content (AvgIpc) is 3.18. The van der Waals surface area contributed by atoms with Gasteiger partial charge in [0.15, 0.2) is 0 Å². The van der Waals surface area contributed by atoms with Crippen molar-refractivity contribution in [1.29, 1.82) is 0 Å². The summed E-state index contributed by atoms with van der Waals surface area (Å²) in [5.41, 5.74) is 3.76. The minimum absolute atomic E-state index is 0.139. The number of piperidine rings is 1. The molecule has 3 aromatic rings. The highest BCUT2D eigenvalue weighted by atomic mass is 16.5. The molecular formula is C25H29N3O3. The van der Waals surface area contributed by atoms with Gasteiger partial charge in [0.1, 0.15) is 11.3 Å². The molecule has 0 N–H and O–H groups in total. The van der Waals surface area contributed by atoms with Crippen molar-refractivity contribution >= 4 is 17.5 Å². The fourth-order valence-electron chi connectivity index (χ4n) is 4.51. The van der Waals surface area contributed by atoms with Gasteiger partial charge >= 0.3 is 5.97 Å². The third-order valence-corrected chi connectivity index (χ3v) is 6.18. The number of pyridine rings is 1. The van der Waals surface area contributed by atoms with Gasteiger partial charge in [0, 0.05) is 25.5 Å². The van der Waals surface area contributed by atoms with Crippen LogP contribution in [0.3, 0.4) is 0 Å². The molecule has 1 fully saturated rings. The van der Waals surface area contributed by atoms with Crippen LogP contribution < -0.4 is 0 Å². The molecule has 0 radical (unpaired) electrons. The quantitative estimate of drug-likeness (QED) is 0.587. The fourth-order valence-corrected chi connectivity index (χ4v) is 4.51. The standard InChI is InChI=1S/C25H29N3O3/c1-4-31-24(30)25(14-20-9-6-5-8-19(20)3)12-7-13-27(17-25)23(29)21-16-28-15-18(2)10-11-22(28)26-21/h5-6,8-11,15-16H,4,7,12-14,17H2,1-3H3. The van der Waals surface area contributed by atoms with Crippen molar-refractivity contribution in [2.45, 2.75) is 40.0 Å². The van der Waals surface area contributed by atoms with Crippen LogP contribution in [0.25, 0.3) is 5.65 Å². The Morgan fingerprint density at radius 2 is 1.94 bits per heavy atom. The maximum atomic E-state index is 13.3. The Morgan fingerprint density at radius 3 is 2.71 bits per heavy atom. The maximum Gasteiger partial charge on any atom is 0.314 e. The van der Waals surface area contributed by atoms with Crippen molar-refractivity contribution in [1.82, 2.24) is 14.3 Å². The molecule has 1 amide bonds. The van der Waals surface area contributed by atoms with Crippen molar-refractivity contribution < 1.29 is 14.3 Å². The number of ether oxygens (including phenoxy) is 1. The average molecular weight is 420 g/mol. The van der Waals surface area contributed by atoms with Crippen molar-refractivity contribution in [3.05, 3.63) is 71.2 Å². The van der Waals surface area contributed by atoms with E-state index in [4.69, 9.17) is 4.74 Å². The van der Waals surface area contributed by atoms with E-state index in [0.717, 1.165) is 28.8 Å². The Balaban J connectivity index is 1.63. The van der Waals surface area contributed by atoms with Gasteiger partial charge in [0.2, 0.25) is 0 Å². The molecule has 0 aliphatic carbocycles. The monoisotopic (exact) mass is 419 g/mol. The number of carbonyl (C=O) groups excluding carboxylic acids is 2. The summed E-state index contributed by atoms with van der Waals surface area (Å²) in [6, 6.07) is 12.0. The molecule has 31 heavy (non-hydrogen) atoms. The van der Waals surface area contributed by atoms with Gasteiger partial charge in [-0.25, -0.2) is 4.98 Å². The van der Waals surface area contributed by atoms with E-state index in [0.29, 0.717) is 38.2 Å². The number of carbonyl (C=O) groups is 2. The number of benzene rings is 1. The Kier molecular flexibility index (Phi) is 5.81. The van der Waals surface area contributed by atoms with Crippen LogP contribution in [0.2, 0.25) is 0 Å². The molecular weight excluding hydrogens is 390 g/mol. The van der Waals surface area contributed by atoms with Gasteiger partial charge in [-0.2, -0.15) is 0 Å². The fraction of sp³-hybridized carbons (Fsp3) is 0.400. The molecule has 1 aliphatic rings. The normalized spacial score (nSPS) is 18.9. The molecule has 2 aromatic heterocycles. The zero-order valence-corrected chi connectivity index (χ0v) is 18.4. The van der Waals surface area contributed by atoms with E-state index in [2.05, 4.69) is 24.0 Å². The van der Waals surface area contributed by atoms with Crippen molar-refractivity contribution in [2.24, 2.45) is 5.41 Å². The SMILES string of the molecule is CCOC(=O)C1(Cc2ccccc2C)CCCN(C(=O)c2cn3cc(C)ccc3n2)C1. The van der Waals surface area contributed by atoms with Gasteiger partial charge in [-0.15, -0.1) is 0 Å². The summed E-state index contributed by atoms with van der Waals surface area (Å²) in [5, 5.41) is 0. The molecule has 1 unspecified atom stereocenters. The summed E-state index contributed by atoms with van der Waals surface area (Å²) in [5.74, 6) is -0.360. The van der Waals surface area contributed by atoms with E-state index in [1.165, 1.54) is 0 Å². The van der Waals surface area contributed by atoms with Crippen LogP contribution >= 0.6 is 0 Å². The summed E-state index contributed by atoms with van der Waals surface area (Å²) in [4.78, 5) is 32.8. The molecule has 1 atom stereocenters. The highest BCUT2D eigenvalue weighted by molar-refractivity contribution is 5.93. The number of nitrogens with zero attached hydrogens (tertiary/aromatic N) is 3. The van der Waals surface area contributed by atoms with E-state index in [-0.39, 0.29) is 11.9 Å². The van der Waals surface area contributed by atoms with Crippen LogP contribution in [0.5, 0.6) is 0 Å². The highest BCUT2D eigenvalue weighted by Crippen LogP contribution is 2.36. The third-order valence-electron chi connectivity index (χ3n) is 6.18. The van der Waals surface area contributed by atoms with Crippen molar-refractivity contribution in [3.8, 4) is 0 Å². The Labute approximate surface area is 182 Å². The van der Waals surface area contributed by atoms with Gasteiger partial charge in [-0.1, -0.05) is 30.3 Å². The molecule has 162 valence electrons. The second kappa shape index (κ2) is 8.53. The first-order valence-corrected chi connectivity index (χ1v) is 10.9. The molecule has 3 heterocycles. The predicted molar refractivity (Wildman–Crippen MR) is 119 cm³/mol. The zero-order chi connectivity index (χ0) is 22.0. The smallest absolute Gasteiger partial charge is 0.314 e. The number of esters is 1. The van der Waals surface area contributed by atoms with Gasteiger partial charge < -0.3 is 14.0 Å². The molecule has 0 spiro atoms. The van der Waals surface area contributed by atoms with E-state index in [1.807, 2.05) is 48.7 Å². The molecule has 0 bridgehead atoms. The summed E-state index contributed by atoms with van der Waals surface area (Å²) in [6.07, 6.45) is 5.74. The van der Waals surface area contributed by atoms with Gasteiger partial charge in [-0.3, -0.25) is 9.59 Å². The first-order chi connectivity index (χ1) is 14.9. The van der Waals surface area contributed by atoms with E-state index in [1.54, 1.807) is 11.1 Å². The lowest BCUT2D eigenvalue weighted by Crippen LogP contribution is -2.51. The number of imidazole rings is 1. The number of aryl methyl sites for hydroxylation is 2. The number of hydrogen-bond acceptors (Lipinski definition) is 4. The molecule has 0 saturated carbocycles. The minimum Gasteiger partial charge on any atom is -0.466 e. The highest BCUT2D eigenvalue weighted by Gasteiger charge is 2.45. The third kappa shape index (κ3) is 4.20. The molecule has 6 heteroatoms. The van der Waals surface area contributed by atoms with Crippen molar-refractivity contribution in [2.75, 3.05) is 19.7 Å². The first kappa shape index (κ1) is 21.1.